The third kappa shape index (κ3) is 4.80. The van der Waals surface area contributed by atoms with E-state index in [0.717, 1.165) is 27.9 Å². The lowest BCUT2D eigenvalue weighted by atomic mass is 10.1. The van der Waals surface area contributed by atoms with E-state index in [9.17, 15) is 4.79 Å². The lowest BCUT2D eigenvalue weighted by Gasteiger charge is -2.19. The van der Waals surface area contributed by atoms with Gasteiger partial charge >= 0.3 is 0 Å². The number of carbonyl (C=O) groups excluding carboxylic acids is 1. The second-order valence-electron chi connectivity index (χ2n) is 4.65. The quantitative estimate of drug-likeness (QED) is 0.800. The van der Waals surface area contributed by atoms with Crippen LogP contribution in [0.1, 0.15) is 31.9 Å². The maximum absolute atomic E-state index is 11.8. The topological polar surface area (TPSA) is 50.4 Å². The molecule has 1 aromatic carbocycles. The van der Waals surface area contributed by atoms with Crippen LogP contribution in [0.25, 0.3) is 0 Å². The number of halogens is 1. The van der Waals surface area contributed by atoms with Gasteiger partial charge in [0.05, 0.1) is 0 Å². The fourth-order valence-corrected chi connectivity index (χ4v) is 2.53. The Kier molecular flexibility index (Phi) is 7.02. The van der Waals surface area contributed by atoms with Gasteiger partial charge < -0.3 is 15.4 Å². The van der Waals surface area contributed by atoms with Crippen LogP contribution in [0.4, 0.5) is 0 Å². The zero-order chi connectivity index (χ0) is 15.1. The highest BCUT2D eigenvalue weighted by molar-refractivity contribution is 9.10. The number of hydrogen-bond donors (Lipinski definition) is 2. The highest BCUT2D eigenvalue weighted by atomic mass is 79.9. The molecule has 0 bridgehead atoms. The Balaban J connectivity index is 2.94. The van der Waals surface area contributed by atoms with Gasteiger partial charge in [-0.05, 0) is 45.0 Å². The summed E-state index contributed by atoms with van der Waals surface area (Å²) >= 11 is 3.50. The Bertz CT molecular complexity index is 463. The van der Waals surface area contributed by atoms with Crippen molar-refractivity contribution in [3.05, 3.63) is 27.7 Å². The van der Waals surface area contributed by atoms with E-state index in [4.69, 9.17) is 4.74 Å². The van der Waals surface area contributed by atoms with Gasteiger partial charge in [-0.2, -0.15) is 0 Å². The van der Waals surface area contributed by atoms with E-state index in [0.29, 0.717) is 13.1 Å². The summed E-state index contributed by atoms with van der Waals surface area (Å²) in [5, 5.41) is 6.06. The number of hydrogen-bond acceptors (Lipinski definition) is 3. The van der Waals surface area contributed by atoms with Gasteiger partial charge in [0.2, 0.25) is 0 Å². The number of rotatable bonds is 7. The van der Waals surface area contributed by atoms with Crippen molar-refractivity contribution in [3.63, 3.8) is 0 Å². The Labute approximate surface area is 129 Å². The van der Waals surface area contributed by atoms with Crippen LogP contribution in [0.5, 0.6) is 5.75 Å². The Morgan fingerprint density at radius 1 is 1.35 bits per heavy atom. The second-order valence-corrected chi connectivity index (χ2v) is 5.56. The number of amides is 1. The smallest absolute Gasteiger partial charge is 0.260 e. The molecule has 0 heterocycles. The van der Waals surface area contributed by atoms with E-state index in [1.54, 1.807) is 6.92 Å². The normalized spacial score (nSPS) is 12.1. The number of ether oxygens (including phenoxy) is 1. The number of nitrogens with one attached hydrogen (secondary N) is 2. The van der Waals surface area contributed by atoms with E-state index < -0.39 is 6.10 Å². The first-order chi connectivity index (χ1) is 9.49. The summed E-state index contributed by atoms with van der Waals surface area (Å²) in [7, 11) is 0. The third-order valence-corrected chi connectivity index (χ3v) is 3.35. The summed E-state index contributed by atoms with van der Waals surface area (Å²) in [6.45, 7) is 9.92. The molecule has 0 aliphatic rings. The van der Waals surface area contributed by atoms with E-state index in [-0.39, 0.29) is 5.91 Å². The van der Waals surface area contributed by atoms with E-state index in [1.807, 2.05) is 26.0 Å². The summed E-state index contributed by atoms with van der Waals surface area (Å²) in [5.74, 6) is 0.692. The molecule has 1 amide bonds. The molecular formula is C15H23BrN2O2. The van der Waals surface area contributed by atoms with Crippen molar-refractivity contribution in [2.45, 2.75) is 40.3 Å². The van der Waals surface area contributed by atoms with Crippen molar-refractivity contribution >= 4 is 21.8 Å². The Morgan fingerprint density at radius 2 is 2.05 bits per heavy atom. The van der Waals surface area contributed by atoms with Crippen LogP contribution in [0, 0.1) is 6.92 Å². The molecule has 0 aromatic heterocycles. The van der Waals surface area contributed by atoms with Crippen molar-refractivity contribution in [1.29, 1.82) is 0 Å². The zero-order valence-corrected chi connectivity index (χ0v) is 14.1. The molecule has 1 unspecified atom stereocenters. The monoisotopic (exact) mass is 342 g/mol. The van der Waals surface area contributed by atoms with Gasteiger partial charge in [-0.15, -0.1) is 0 Å². The van der Waals surface area contributed by atoms with Crippen molar-refractivity contribution in [2.24, 2.45) is 0 Å². The van der Waals surface area contributed by atoms with Gasteiger partial charge in [-0.1, -0.05) is 22.9 Å². The molecule has 0 aliphatic heterocycles. The third-order valence-electron chi connectivity index (χ3n) is 2.90. The summed E-state index contributed by atoms with van der Waals surface area (Å²) < 4.78 is 6.88. The summed E-state index contributed by atoms with van der Waals surface area (Å²) in [5.41, 5.74) is 2.07. The molecule has 2 N–H and O–H groups in total. The predicted octanol–water partition coefficient (Wildman–Crippen LogP) is 2.77. The first-order valence-electron chi connectivity index (χ1n) is 6.93. The number of benzene rings is 1. The average molecular weight is 343 g/mol. The molecule has 1 aromatic rings. The standard InChI is InChI=1S/C15H23BrN2O2/c1-5-17-9-12-8-13(16)7-10(3)14(12)20-11(4)15(19)18-6-2/h7-8,11,17H,5-6,9H2,1-4H3,(H,18,19). The number of aryl methyl sites for hydroxylation is 1. The molecule has 0 spiro atoms. The molecule has 5 heteroatoms. The van der Waals surface area contributed by atoms with Gasteiger partial charge in [0.1, 0.15) is 5.75 Å². The van der Waals surface area contributed by atoms with E-state index in [1.165, 1.54) is 0 Å². The van der Waals surface area contributed by atoms with Crippen molar-refractivity contribution in [2.75, 3.05) is 13.1 Å². The van der Waals surface area contributed by atoms with Crippen LogP contribution in [0.15, 0.2) is 16.6 Å². The fourth-order valence-electron chi connectivity index (χ4n) is 1.91. The molecule has 0 fully saturated rings. The highest BCUT2D eigenvalue weighted by Crippen LogP contribution is 2.29. The lowest BCUT2D eigenvalue weighted by molar-refractivity contribution is -0.127. The van der Waals surface area contributed by atoms with E-state index >= 15 is 0 Å². The Hall–Kier alpha value is -1.07. The largest absolute Gasteiger partial charge is 0.480 e. The molecule has 20 heavy (non-hydrogen) atoms. The van der Waals surface area contributed by atoms with Crippen LogP contribution in [0.2, 0.25) is 0 Å². The van der Waals surface area contributed by atoms with Gasteiger partial charge in [-0.25, -0.2) is 0 Å². The summed E-state index contributed by atoms with van der Waals surface area (Å²) in [6.07, 6.45) is -0.504. The van der Waals surface area contributed by atoms with Gasteiger partial charge in [0, 0.05) is 23.1 Å². The summed E-state index contributed by atoms with van der Waals surface area (Å²) in [6, 6.07) is 4.02. The maximum Gasteiger partial charge on any atom is 0.260 e. The molecule has 1 atom stereocenters. The SMILES string of the molecule is CCNCc1cc(Br)cc(C)c1OC(C)C(=O)NCC. The minimum absolute atomic E-state index is 0.0933. The van der Waals surface area contributed by atoms with Gasteiger partial charge in [0.25, 0.3) is 5.91 Å². The number of carbonyl (C=O) groups is 1. The van der Waals surface area contributed by atoms with Crippen LogP contribution in [-0.4, -0.2) is 25.1 Å². The molecule has 1 rings (SSSR count). The van der Waals surface area contributed by atoms with Crippen molar-refractivity contribution < 1.29 is 9.53 Å². The van der Waals surface area contributed by atoms with Crippen LogP contribution >= 0.6 is 15.9 Å². The predicted molar refractivity (Wildman–Crippen MR) is 85.0 cm³/mol. The molecule has 0 saturated carbocycles. The molecular weight excluding hydrogens is 320 g/mol. The zero-order valence-electron chi connectivity index (χ0n) is 12.5. The number of likely N-dealkylation sites (N-methyl/N-ethyl adjacent to an activating group) is 1. The first-order valence-corrected chi connectivity index (χ1v) is 7.73. The van der Waals surface area contributed by atoms with Crippen molar-refractivity contribution in [3.8, 4) is 5.75 Å². The fraction of sp³-hybridized carbons (Fsp3) is 0.533. The van der Waals surface area contributed by atoms with E-state index in [2.05, 4.69) is 33.5 Å². The molecule has 0 saturated heterocycles. The van der Waals surface area contributed by atoms with Gasteiger partial charge in [-0.3, -0.25) is 4.79 Å². The van der Waals surface area contributed by atoms with Crippen LogP contribution in [0.3, 0.4) is 0 Å². The van der Waals surface area contributed by atoms with Gasteiger partial charge in [0.15, 0.2) is 6.10 Å². The van der Waals surface area contributed by atoms with Crippen LogP contribution < -0.4 is 15.4 Å². The molecule has 4 nitrogen and oxygen atoms in total. The molecule has 112 valence electrons. The second kappa shape index (κ2) is 8.27. The maximum atomic E-state index is 11.8. The molecule has 0 radical (unpaired) electrons. The average Bonchev–Trinajstić information content (AvgIpc) is 2.39. The Morgan fingerprint density at radius 3 is 2.65 bits per heavy atom. The molecule has 0 aliphatic carbocycles. The van der Waals surface area contributed by atoms with Crippen molar-refractivity contribution in [1.82, 2.24) is 10.6 Å². The lowest BCUT2D eigenvalue weighted by Crippen LogP contribution is -2.36. The summed E-state index contributed by atoms with van der Waals surface area (Å²) in [4.78, 5) is 11.8. The van der Waals surface area contributed by atoms with Crippen LogP contribution in [-0.2, 0) is 11.3 Å². The first kappa shape index (κ1) is 17.0. The minimum Gasteiger partial charge on any atom is -0.480 e. The highest BCUT2D eigenvalue weighted by Gasteiger charge is 2.17. The minimum atomic E-state index is -0.504.